The van der Waals surface area contributed by atoms with Gasteiger partial charge in [-0.2, -0.15) is 5.10 Å². The van der Waals surface area contributed by atoms with E-state index in [0.717, 1.165) is 12.1 Å². The maximum Gasteiger partial charge on any atom is 0.242 e. The molecule has 0 radical (unpaired) electrons. The van der Waals surface area contributed by atoms with Gasteiger partial charge in [-0.3, -0.25) is 14.7 Å². The van der Waals surface area contributed by atoms with Gasteiger partial charge in [0.25, 0.3) is 0 Å². The second kappa shape index (κ2) is 5.10. The summed E-state index contributed by atoms with van der Waals surface area (Å²) in [4.78, 5) is 14.5. The number of hydrogen-bond acceptors (Lipinski definition) is 5. The van der Waals surface area contributed by atoms with E-state index < -0.39 is 14.5 Å². The molecule has 1 saturated carbocycles. The summed E-state index contributed by atoms with van der Waals surface area (Å²) in [6.07, 6.45) is 4.77. The zero-order chi connectivity index (χ0) is 15.1. The van der Waals surface area contributed by atoms with E-state index in [4.69, 9.17) is 9.52 Å². The molecule has 1 saturated heterocycles. The molecule has 1 aromatic heterocycles. The summed E-state index contributed by atoms with van der Waals surface area (Å²) in [6.45, 7) is 1.34. The van der Waals surface area contributed by atoms with Crippen molar-refractivity contribution in [3.8, 4) is 0 Å². The summed E-state index contributed by atoms with van der Waals surface area (Å²) in [6, 6.07) is 1.82. The van der Waals surface area contributed by atoms with E-state index >= 15 is 0 Å². The molecule has 1 amide bonds. The number of ether oxygens (including phenoxy) is 1. The standard InChI is InChI=1S/C13H20N4O3S/c1-21(14,19)13(4-2-5-13)12(18)17-7-8-20-11(9-17)10-3-6-15-16-10/h3,6,11,14H,2,4-5,7-9H2,1H3,(H,15,16). The van der Waals surface area contributed by atoms with E-state index in [1.54, 1.807) is 11.1 Å². The molecule has 2 unspecified atom stereocenters. The van der Waals surface area contributed by atoms with Crippen molar-refractivity contribution >= 4 is 15.6 Å². The number of rotatable bonds is 3. The van der Waals surface area contributed by atoms with Crippen molar-refractivity contribution in [2.45, 2.75) is 30.1 Å². The molecule has 2 fully saturated rings. The van der Waals surface area contributed by atoms with Crippen molar-refractivity contribution in [3.05, 3.63) is 18.0 Å². The third-order valence-corrected chi connectivity index (χ3v) is 6.59. The molecule has 7 nitrogen and oxygen atoms in total. The Balaban J connectivity index is 1.79. The minimum atomic E-state index is -2.90. The topological polar surface area (TPSA) is 99.1 Å². The molecule has 0 spiro atoms. The van der Waals surface area contributed by atoms with E-state index in [0.29, 0.717) is 32.5 Å². The van der Waals surface area contributed by atoms with Crippen LogP contribution in [0.5, 0.6) is 0 Å². The number of amides is 1. The summed E-state index contributed by atoms with van der Waals surface area (Å²) in [5.41, 5.74) is 0.832. The lowest BCUT2D eigenvalue weighted by Gasteiger charge is -2.45. The fraction of sp³-hybridized carbons (Fsp3) is 0.692. The third kappa shape index (κ3) is 2.36. The number of aromatic amines is 1. The van der Waals surface area contributed by atoms with E-state index in [1.165, 1.54) is 6.26 Å². The lowest BCUT2D eigenvalue weighted by molar-refractivity contribution is -0.144. The predicted molar refractivity (Wildman–Crippen MR) is 77.2 cm³/mol. The van der Waals surface area contributed by atoms with Gasteiger partial charge in [-0.05, 0) is 25.3 Å². The number of carbonyl (C=O) groups excluding carboxylic acids is 1. The highest BCUT2D eigenvalue weighted by Gasteiger charge is 2.52. The van der Waals surface area contributed by atoms with Crippen molar-refractivity contribution in [3.63, 3.8) is 0 Å². The van der Waals surface area contributed by atoms with Crippen molar-refractivity contribution in [1.29, 1.82) is 4.78 Å². The molecule has 1 aliphatic heterocycles. The van der Waals surface area contributed by atoms with E-state index in [-0.39, 0.29) is 12.0 Å². The molecule has 2 N–H and O–H groups in total. The lowest BCUT2D eigenvalue weighted by Crippen LogP contribution is -2.59. The smallest absolute Gasteiger partial charge is 0.242 e. The van der Waals surface area contributed by atoms with Crippen LogP contribution in [0.25, 0.3) is 0 Å². The van der Waals surface area contributed by atoms with Gasteiger partial charge in [0, 0.05) is 19.0 Å². The van der Waals surface area contributed by atoms with Gasteiger partial charge < -0.3 is 9.64 Å². The van der Waals surface area contributed by atoms with Crippen LogP contribution in [0.3, 0.4) is 0 Å². The van der Waals surface area contributed by atoms with Gasteiger partial charge in [0.2, 0.25) is 5.91 Å². The first-order valence-electron chi connectivity index (χ1n) is 7.08. The highest BCUT2D eigenvalue weighted by Crippen LogP contribution is 2.41. The number of nitrogens with one attached hydrogen (secondary N) is 2. The van der Waals surface area contributed by atoms with Crippen LogP contribution in [-0.2, 0) is 19.3 Å². The van der Waals surface area contributed by atoms with Crippen molar-refractivity contribution in [2.24, 2.45) is 0 Å². The molecule has 2 aliphatic rings. The number of morpholine rings is 1. The maximum atomic E-state index is 12.8. The molecule has 0 bridgehead atoms. The van der Waals surface area contributed by atoms with Gasteiger partial charge in [0.15, 0.2) is 0 Å². The Labute approximate surface area is 124 Å². The van der Waals surface area contributed by atoms with Crippen molar-refractivity contribution < 1.29 is 13.7 Å². The Morgan fingerprint density at radius 2 is 2.38 bits per heavy atom. The van der Waals surface area contributed by atoms with E-state index in [1.807, 2.05) is 6.07 Å². The fourth-order valence-electron chi connectivity index (χ4n) is 3.02. The van der Waals surface area contributed by atoms with Crippen LogP contribution in [0.2, 0.25) is 0 Å². The molecule has 1 aliphatic carbocycles. The maximum absolute atomic E-state index is 12.8. The molecule has 21 heavy (non-hydrogen) atoms. The highest BCUT2D eigenvalue weighted by atomic mass is 32.2. The fourth-order valence-corrected chi connectivity index (χ4v) is 4.55. The van der Waals surface area contributed by atoms with Gasteiger partial charge in [0.05, 0.1) is 28.6 Å². The van der Waals surface area contributed by atoms with Crippen LogP contribution in [0.4, 0.5) is 0 Å². The molecule has 1 aromatic rings. The Morgan fingerprint density at radius 3 is 2.90 bits per heavy atom. The Bertz CT molecular complexity index is 622. The molecule has 0 aromatic carbocycles. The molecule has 3 rings (SSSR count). The number of nitrogens with zero attached hydrogens (tertiary/aromatic N) is 2. The SMILES string of the molecule is CS(=N)(=O)C1(C(=O)N2CCOC(c3ccn[nH]3)C2)CCC1. The molecular weight excluding hydrogens is 292 g/mol. The molecule has 116 valence electrons. The number of aromatic nitrogens is 2. The van der Waals surface area contributed by atoms with Crippen molar-refractivity contribution in [1.82, 2.24) is 15.1 Å². The van der Waals surface area contributed by atoms with Crippen molar-refractivity contribution in [2.75, 3.05) is 26.0 Å². The average Bonchev–Trinajstić information content (AvgIpc) is 2.89. The van der Waals surface area contributed by atoms with E-state index in [9.17, 15) is 9.00 Å². The third-order valence-electron chi connectivity index (χ3n) is 4.52. The van der Waals surface area contributed by atoms with Crippen LogP contribution < -0.4 is 0 Å². The Kier molecular flexibility index (Phi) is 3.53. The van der Waals surface area contributed by atoms with Gasteiger partial charge in [-0.25, -0.2) is 4.21 Å². The first-order valence-corrected chi connectivity index (χ1v) is 9.04. The largest absolute Gasteiger partial charge is 0.368 e. The predicted octanol–water partition coefficient (Wildman–Crippen LogP) is 0.909. The van der Waals surface area contributed by atoms with Crippen LogP contribution in [0.15, 0.2) is 12.3 Å². The summed E-state index contributed by atoms with van der Waals surface area (Å²) in [5, 5.41) is 6.76. The van der Waals surface area contributed by atoms with E-state index in [2.05, 4.69) is 10.2 Å². The Morgan fingerprint density at radius 1 is 1.62 bits per heavy atom. The molecule has 2 heterocycles. The number of H-pyrrole nitrogens is 1. The summed E-state index contributed by atoms with van der Waals surface area (Å²) in [5.74, 6) is -0.149. The molecule has 2 atom stereocenters. The average molecular weight is 312 g/mol. The monoisotopic (exact) mass is 312 g/mol. The molecular formula is C13H20N4O3S. The highest BCUT2D eigenvalue weighted by molar-refractivity contribution is 7.94. The minimum Gasteiger partial charge on any atom is -0.368 e. The second-order valence-corrected chi connectivity index (χ2v) is 8.28. The first kappa shape index (κ1) is 14.5. The Hall–Kier alpha value is -1.41. The van der Waals surface area contributed by atoms with Gasteiger partial charge in [0.1, 0.15) is 10.9 Å². The summed E-state index contributed by atoms with van der Waals surface area (Å²) < 4.78 is 24.9. The molecule has 8 heteroatoms. The van der Waals surface area contributed by atoms with Gasteiger partial charge in [-0.15, -0.1) is 0 Å². The quantitative estimate of drug-likeness (QED) is 0.866. The zero-order valence-electron chi connectivity index (χ0n) is 12.0. The van der Waals surface area contributed by atoms with Crippen LogP contribution in [0, 0.1) is 4.78 Å². The normalized spacial score (nSPS) is 27.7. The number of carbonyl (C=O) groups is 1. The number of hydrogen-bond donors (Lipinski definition) is 2. The summed E-state index contributed by atoms with van der Waals surface area (Å²) in [7, 11) is -2.90. The zero-order valence-corrected chi connectivity index (χ0v) is 12.8. The van der Waals surface area contributed by atoms with Crippen LogP contribution >= 0.6 is 0 Å². The first-order chi connectivity index (χ1) is 9.94. The van der Waals surface area contributed by atoms with Gasteiger partial charge in [-0.1, -0.05) is 0 Å². The lowest BCUT2D eigenvalue weighted by atomic mass is 9.83. The van der Waals surface area contributed by atoms with Crippen LogP contribution in [0.1, 0.15) is 31.1 Å². The minimum absolute atomic E-state index is 0.149. The van der Waals surface area contributed by atoms with Crippen LogP contribution in [-0.4, -0.2) is 55.9 Å². The second-order valence-electron chi connectivity index (χ2n) is 5.81. The van der Waals surface area contributed by atoms with Gasteiger partial charge >= 0.3 is 0 Å². The summed E-state index contributed by atoms with van der Waals surface area (Å²) >= 11 is 0.